The number of nitrogens with zero attached hydrogens (tertiary/aromatic N) is 5. The van der Waals surface area contributed by atoms with Gasteiger partial charge >= 0.3 is 17.7 Å². The van der Waals surface area contributed by atoms with E-state index in [0.717, 1.165) is 6.20 Å². The minimum absolute atomic E-state index is 0.0191. The highest BCUT2D eigenvalue weighted by Crippen LogP contribution is 2.22. The zero-order valence-corrected chi connectivity index (χ0v) is 9.45. The van der Waals surface area contributed by atoms with Gasteiger partial charge in [-0.15, -0.1) is 5.10 Å². The fourth-order valence-electron chi connectivity index (χ4n) is 1.28. The Hall–Kier alpha value is -2.78. The predicted molar refractivity (Wildman–Crippen MR) is 57.5 cm³/mol. The molecule has 2 aromatic heterocycles. The van der Waals surface area contributed by atoms with Gasteiger partial charge in [0, 0.05) is 6.92 Å². The maximum Gasteiger partial charge on any atom is 0.343 e. The maximum absolute atomic E-state index is 10.8. The van der Waals surface area contributed by atoms with Crippen LogP contribution in [0.1, 0.15) is 6.92 Å². The summed E-state index contributed by atoms with van der Waals surface area (Å²) in [5.74, 6) is -0.444. The summed E-state index contributed by atoms with van der Waals surface area (Å²) in [5.41, 5.74) is 0. The van der Waals surface area contributed by atoms with Crippen LogP contribution >= 0.6 is 0 Å². The van der Waals surface area contributed by atoms with Crippen molar-refractivity contribution in [2.45, 2.75) is 6.92 Å². The minimum atomic E-state index is -0.582. The number of carbonyl (C=O) groups is 1. The Kier molecular flexibility index (Phi) is 2.75. The van der Waals surface area contributed by atoms with Gasteiger partial charge in [-0.1, -0.05) is 5.10 Å². The van der Waals surface area contributed by atoms with Crippen LogP contribution in [0.5, 0.6) is 0 Å². The molecular formula is C8H8N6O4. The van der Waals surface area contributed by atoms with Gasteiger partial charge in [-0.2, -0.15) is 0 Å². The molecule has 1 amide bonds. The van der Waals surface area contributed by atoms with Gasteiger partial charge in [0.1, 0.15) is 6.20 Å². The van der Waals surface area contributed by atoms with Crippen molar-refractivity contribution in [2.24, 2.45) is 7.05 Å². The lowest BCUT2D eigenvalue weighted by Crippen LogP contribution is -2.05. The second-order valence-corrected chi connectivity index (χ2v) is 3.35. The first-order valence-electron chi connectivity index (χ1n) is 4.76. The molecular weight excluding hydrogens is 244 g/mol. The van der Waals surface area contributed by atoms with Crippen molar-refractivity contribution in [2.75, 3.05) is 5.32 Å². The average Bonchev–Trinajstić information content (AvgIpc) is 2.83. The van der Waals surface area contributed by atoms with Gasteiger partial charge in [-0.3, -0.25) is 10.1 Å². The van der Waals surface area contributed by atoms with E-state index in [4.69, 9.17) is 4.42 Å². The van der Waals surface area contributed by atoms with E-state index in [1.54, 1.807) is 0 Å². The summed E-state index contributed by atoms with van der Waals surface area (Å²) in [5, 5.41) is 20.1. The smallest absolute Gasteiger partial charge is 0.343 e. The zero-order valence-electron chi connectivity index (χ0n) is 9.45. The third kappa shape index (κ3) is 2.03. The summed E-state index contributed by atoms with van der Waals surface area (Å²) in [7, 11) is 1.45. The molecule has 0 atom stereocenters. The summed E-state index contributed by atoms with van der Waals surface area (Å²) < 4.78 is 6.29. The van der Waals surface area contributed by atoms with Crippen LogP contribution in [0.15, 0.2) is 10.6 Å². The van der Waals surface area contributed by atoms with Crippen LogP contribution in [-0.4, -0.2) is 30.6 Å². The number of carbonyl (C=O) groups excluding carboxylic acids is 1. The van der Waals surface area contributed by atoms with E-state index in [-0.39, 0.29) is 29.5 Å². The average molecular weight is 252 g/mol. The Morgan fingerprint density at radius 1 is 1.56 bits per heavy atom. The molecule has 0 spiro atoms. The first kappa shape index (κ1) is 11.7. The van der Waals surface area contributed by atoms with Gasteiger partial charge in [0.15, 0.2) is 0 Å². The predicted octanol–water partition coefficient (Wildman–Crippen LogP) is 0.337. The first-order chi connectivity index (χ1) is 8.49. The molecule has 2 aromatic rings. The fraction of sp³-hybridized carbons (Fsp3) is 0.250. The molecule has 2 rings (SSSR count). The number of imidazole rings is 1. The number of nitro groups is 1. The molecule has 10 nitrogen and oxygen atoms in total. The van der Waals surface area contributed by atoms with Gasteiger partial charge in [0.25, 0.3) is 5.82 Å². The molecule has 0 saturated carbocycles. The van der Waals surface area contributed by atoms with Gasteiger partial charge in [0.05, 0.1) is 7.05 Å². The lowest BCUT2D eigenvalue weighted by Gasteiger charge is -1.94. The quantitative estimate of drug-likeness (QED) is 0.615. The molecule has 0 fully saturated rings. The van der Waals surface area contributed by atoms with Crippen LogP contribution in [-0.2, 0) is 11.8 Å². The molecule has 0 aromatic carbocycles. The molecule has 0 aliphatic carbocycles. The fourth-order valence-corrected chi connectivity index (χ4v) is 1.28. The van der Waals surface area contributed by atoms with Crippen LogP contribution in [0.4, 0.5) is 11.8 Å². The molecule has 0 bridgehead atoms. The molecule has 2 heterocycles. The second kappa shape index (κ2) is 4.24. The summed E-state index contributed by atoms with van der Waals surface area (Å²) >= 11 is 0. The lowest BCUT2D eigenvalue weighted by atomic mass is 10.6. The van der Waals surface area contributed by atoms with Crippen LogP contribution in [0, 0.1) is 10.1 Å². The number of anilines is 1. The highest BCUT2D eigenvalue weighted by Gasteiger charge is 2.22. The van der Waals surface area contributed by atoms with Crippen molar-refractivity contribution >= 4 is 17.7 Å². The monoisotopic (exact) mass is 252 g/mol. The van der Waals surface area contributed by atoms with Gasteiger partial charge in [-0.25, -0.2) is 9.55 Å². The third-order valence-electron chi connectivity index (χ3n) is 2.05. The number of amides is 1. The molecule has 10 heteroatoms. The SMILES string of the molecule is CC(=O)Nc1nnc(-c2ncc([N+](=O)[O-])n2C)o1. The Labute approximate surface area is 99.8 Å². The molecule has 0 aliphatic rings. The van der Waals surface area contributed by atoms with E-state index < -0.39 is 4.92 Å². The van der Waals surface area contributed by atoms with Crippen LogP contribution in [0.25, 0.3) is 11.7 Å². The summed E-state index contributed by atoms with van der Waals surface area (Å²) in [6.07, 6.45) is 1.08. The van der Waals surface area contributed by atoms with Crippen molar-refractivity contribution in [1.29, 1.82) is 0 Å². The Morgan fingerprint density at radius 3 is 2.83 bits per heavy atom. The molecule has 18 heavy (non-hydrogen) atoms. The van der Waals surface area contributed by atoms with E-state index >= 15 is 0 Å². The van der Waals surface area contributed by atoms with Crippen LogP contribution in [0.3, 0.4) is 0 Å². The minimum Gasteiger partial charge on any atom is -0.398 e. The number of hydrogen-bond acceptors (Lipinski definition) is 7. The largest absolute Gasteiger partial charge is 0.398 e. The van der Waals surface area contributed by atoms with E-state index in [9.17, 15) is 14.9 Å². The van der Waals surface area contributed by atoms with Crippen molar-refractivity contribution in [3.05, 3.63) is 16.3 Å². The Bertz CT molecular complexity index is 615. The molecule has 0 aliphatic heterocycles. The standard InChI is InChI=1S/C8H8N6O4/c1-4(15)10-8-12-11-7(18-8)6-9-3-5(13(6)2)14(16)17/h3H,1-2H3,(H,10,12,15). The second-order valence-electron chi connectivity index (χ2n) is 3.35. The van der Waals surface area contributed by atoms with Gasteiger partial charge in [-0.05, 0) is 4.92 Å². The number of aromatic nitrogens is 4. The Balaban J connectivity index is 2.34. The Morgan fingerprint density at radius 2 is 2.28 bits per heavy atom. The normalized spacial score (nSPS) is 10.3. The van der Waals surface area contributed by atoms with Crippen LogP contribution < -0.4 is 5.32 Å². The third-order valence-corrected chi connectivity index (χ3v) is 2.05. The number of nitrogens with one attached hydrogen (secondary N) is 1. The van der Waals surface area contributed by atoms with Crippen LogP contribution in [0.2, 0.25) is 0 Å². The molecule has 94 valence electrons. The summed E-state index contributed by atoms with van der Waals surface area (Å²) in [6.45, 7) is 1.29. The van der Waals surface area contributed by atoms with E-state index in [1.165, 1.54) is 18.5 Å². The summed E-state index contributed by atoms with van der Waals surface area (Å²) in [6, 6.07) is -0.0943. The maximum atomic E-state index is 10.8. The highest BCUT2D eigenvalue weighted by atomic mass is 16.6. The van der Waals surface area contributed by atoms with Crippen molar-refractivity contribution in [1.82, 2.24) is 19.7 Å². The molecule has 0 saturated heterocycles. The summed E-state index contributed by atoms with van der Waals surface area (Å²) in [4.78, 5) is 24.6. The van der Waals surface area contributed by atoms with Gasteiger partial charge in [0.2, 0.25) is 5.91 Å². The van der Waals surface area contributed by atoms with E-state index in [0.29, 0.717) is 0 Å². The van der Waals surface area contributed by atoms with E-state index in [1.807, 2.05) is 0 Å². The van der Waals surface area contributed by atoms with Crippen molar-refractivity contribution in [3.8, 4) is 11.7 Å². The zero-order chi connectivity index (χ0) is 13.3. The van der Waals surface area contributed by atoms with Gasteiger partial charge < -0.3 is 14.5 Å². The van der Waals surface area contributed by atoms with Crippen molar-refractivity contribution < 1.29 is 14.1 Å². The highest BCUT2D eigenvalue weighted by molar-refractivity contribution is 5.86. The molecule has 0 radical (unpaired) electrons. The molecule has 0 unspecified atom stereocenters. The molecule has 1 N–H and O–H groups in total. The topological polar surface area (TPSA) is 129 Å². The van der Waals surface area contributed by atoms with Crippen molar-refractivity contribution in [3.63, 3.8) is 0 Å². The number of hydrogen-bond donors (Lipinski definition) is 1. The van der Waals surface area contributed by atoms with E-state index in [2.05, 4.69) is 20.5 Å². The number of rotatable bonds is 3. The first-order valence-corrected chi connectivity index (χ1v) is 4.76. The lowest BCUT2D eigenvalue weighted by molar-refractivity contribution is -0.391.